The molecule has 0 aliphatic carbocycles. The first-order chi connectivity index (χ1) is 10.3. The number of carbonyl (C=O) groups is 1. The quantitative estimate of drug-likeness (QED) is 0.601. The Labute approximate surface area is 138 Å². The molecule has 0 spiro atoms. The molecule has 122 valence electrons. The summed E-state index contributed by atoms with van der Waals surface area (Å²) in [6.07, 6.45) is -0.640. The van der Waals surface area contributed by atoms with Crippen molar-refractivity contribution in [1.82, 2.24) is 0 Å². The number of hydrogen-bond donors (Lipinski definition) is 1. The minimum atomic E-state index is -2.46. The van der Waals surface area contributed by atoms with E-state index < -0.39 is 12.0 Å². The van der Waals surface area contributed by atoms with Gasteiger partial charge in [0.05, 0.1) is 5.88 Å². The zero-order chi connectivity index (χ0) is 17.0. The highest BCUT2D eigenvalue weighted by atomic mass is 35.5. The summed E-state index contributed by atoms with van der Waals surface area (Å²) >= 11 is 11.1. The van der Waals surface area contributed by atoms with E-state index in [1.54, 1.807) is 24.3 Å². The van der Waals surface area contributed by atoms with E-state index in [-0.39, 0.29) is 18.9 Å². The van der Waals surface area contributed by atoms with Gasteiger partial charge in [-0.05, 0) is 25.1 Å². The average molecular weight is 352 g/mol. The summed E-state index contributed by atoms with van der Waals surface area (Å²) < 4.78 is 27.7. The van der Waals surface area contributed by atoms with Crippen LogP contribution in [-0.2, 0) is 4.74 Å². The van der Waals surface area contributed by atoms with Crippen molar-refractivity contribution in [2.75, 3.05) is 17.8 Å². The van der Waals surface area contributed by atoms with Gasteiger partial charge in [0.2, 0.25) is 5.92 Å². The van der Waals surface area contributed by atoms with Crippen LogP contribution in [0.4, 0.5) is 19.3 Å². The van der Waals surface area contributed by atoms with Crippen LogP contribution in [0, 0.1) is 11.8 Å². The summed E-state index contributed by atoms with van der Waals surface area (Å²) in [6.45, 7) is 2.38. The number of nitrogens with one attached hydrogen (secondary N) is 1. The first kappa shape index (κ1) is 20.5. The van der Waals surface area contributed by atoms with Crippen LogP contribution in [0.25, 0.3) is 0 Å². The lowest BCUT2D eigenvalue weighted by molar-refractivity contribution is 0.0181. The molecule has 0 unspecified atom stereocenters. The largest absolute Gasteiger partial charge is 0.436 e. The molecule has 22 heavy (non-hydrogen) atoms. The van der Waals surface area contributed by atoms with Crippen molar-refractivity contribution in [3.63, 3.8) is 0 Å². The highest BCUT2D eigenvalue weighted by molar-refractivity contribution is 6.30. The maximum atomic E-state index is 11.5. The first-order valence-corrected chi connectivity index (χ1v) is 7.28. The minimum Gasteiger partial charge on any atom is -0.436 e. The second kappa shape index (κ2) is 11.1. The van der Waals surface area contributed by atoms with Gasteiger partial charge in [-0.15, -0.1) is 11.6 Å². The molecule has 0 aromatic heterocycles. The number of ether oxygens (including phenoxy) is 1. The van der Waals surface area contributed by atoms with Crippen LogP contribution in [0.3, 0.4) is 0 Å². The standard InChI is InChI=1S/C11H9Cl2NO2.C4H8F2/c12-6-1-2-7-16-11(15)14-10-5-3-4-9(13)8-10;1-3-4(2,5)6/h3-5,8H,6-7H2,(H,14,15);3H2,1-2H3. The third-order valence-electron chi connectivity index (χ3n) is 2.16. The number of anilines is 1. The fraction of sp³-hybridized carbons (Fsp3) is 0.400. The smallest absolute Gasteiger partial charge is 0.412 e. The van der Waals surface area contributed by atoms with E-state index in [2.05, 4.69) is 17.2 Å². The molecule has 0 saturated carbocycles. The molecule has 0 radical (unpaired) electrons. The Morgan fingerprint density at radius 2 is 2.05 bits per heavy atom. The molecule has 7 heteroatoms. The number of rotatable bonds is 3. The van der Waals surface area contributed by atoms with E-state index in [0.717, 1.165) is 6.92 Å². The van der Waals surface area contributed by atoms with Crippen LogP contribution in [-0.4, -0.2) is 24.5 Å². The van der Waals surface area contributed by atoms with Crippen LogP contribution in [0.2, 0.25) is 5.02 Å². The van der Waals surface area contributed by atoms with E-state index >= 15 is 0 Å². The molecule has 0 heterocycles. The molecule has 1 aromatic carbocycles. The molecular weight excluding hydrogens is 335 g/mol. The molecule has 0 saturated heterocycles. The number of halogens is 4. The van der Waals surface area contributed by atoms with Gasteiger partial charge in [-0.25, -0.2) is 13.6 Å². The summed E-state index contributed by atoms with van der Waals surface area (Å²) in [5, 5.41) is 3.05. The fourth-order valence-electron chi connectivity index (χ4n) is 0.920. The highest BCUT2D eigenvalue weighted by Crippen LogP contribution is 2.15. The third kappa shape index (κ3) is 12.2. The third-order valence-corrected chi connectivity index (χ3v) is 2.53. The Kier molecular flexibility index (Phi) is 10.3. The maximum Gasteiger partial charge on any atom is 0.412 e. The Morgan fingerprint density at radius 3 is 2.55 bits per heavy atom. The van der Waals surface area contributed by atoms with Crippen LogP contribution >= 0.6 is 23.2 Å². The number of benzene rings is 1. The van der Waals surface area contributed by atoms with Gasteiger partial charge in [0.1, 0.15) is 0 Å². The van der Waals surface area contributed by atoms with Gasteiger partial charge >= 0.3 is 6.09 Å². The molecular formula is C15H17Cl2F2NO2. The number of carbonyl (C=O) groups excluding carboxylic acids is 1. The van der Waals surface area contributed by atoms with Gasteiger partial charge in [0.25, 0.3) is 0 Å². The molecule has 1 amide bonds. The molecule has 0 aliphatic heterocycles. The summed E-state index contributed by atoms with van der Waals surface area (Å²) in [5.41, 5.74) is 0.572. The number of alkyl halides is 3. The fourth-order valence-corrected chi connectivity index (χ4v) is 1.20. The van der Waals surface area contributed by atoms with E-state index in [4.69, 9.17) is 27.9 Å². The summed E-state index contributed by atoms with van der Waals surface area (Å²) in [6, 6.07) is 6.76. The van der Waals surface area contributed by atoms with Crippen molar-refractivity contribution < 1.29 is 18.3 Å². The lowest BCUT2D eigenvalue weighted by atomic mass is 10.3. The molecule has 1 N–H and O–H groups in total. The van der Waals surface area contributed by atoms with Gasteiger partial charge < -0.3 is 4.74 Å². The zero-order valence-electron chi connectivity index (χ0n) is 12.3. The normalized spacial score (nSPS) is 9.73. The monoisotopic (exact) mass is 351 g/mol. The predicted octanol–water partition coefficient (Wildman–Crippen LogP) is 5.18. The van der Waals surface area contributed by atoms with E-state index in [9.17, 15) is 13.6 Å². The molecule has 3 nitrogen and oxygen atoms in total. The van der Waals surface area contributed by atoms with Crippen molar-refractivity contribution in [3.05, 3.63) is 29.3 Å². The van der Waals surface area contributed by atoms with Crippen molar-refractivity contribution in [3.8, 4) is 11.8 Å². The molecule has 0 bridgehead atoms. The van der Waals surface area contributed by atoms with Crippen LogP contribution < -0.4 is 5.32 Å². The van der Waals surface area contributed by atoms with Gasteiger partial charge in [-0.2, -0.15) is 0 Å². The topological polar surface area (TPSA) is 38.3 Å². The van der Waals surface area contributed by atoms with Crippen LogP contribution in [0.5, 0.6) is 0 Å². The minimum absolute atomic E-state index is 0.0130. The van der Waals surface area contributed by atoms with Crippen LogP contribution in [0.1, 0.15) is 20.3 Å². The van der Waals surface area contributed by atoms with Crippen molar-refractivity contribution in [1.29, 1.82) is 0 Å². The average Bonchev–Trinajstić information content (AvgIpc) is 2.43. The second-order valence-electron chi connectivity index (χ2n) is 4.12. The lowest BCUT2D eigenvalue weighted by Gasteiger charge is -2.04. The number of amides is 1. The highest BCUT2D eigenvalue weighted by Gasteiger charge is 2.15. The molecule has 1 rings (SSSR count). The number of hydrogen-bond acceptors (Lipinski definition) is 2. The SMILES string of the molecule is CCC(C)(F)F.O=C(Nc1cccc(Cl)c1)OCC#CCCl. The first-order valence-electron chi connectivity index (χ1n) is 6.37. The molecule has 0 atom stereocenters. The van der Waals surface area contributed by atoms with Gasteiger partial charge in [0.15, 0.2) is 6.61 Å². The zero-order valence-corrected chi connectivity index (χ0v) is 13.8. The van der Waals surface area contributed by atoms with Crippen molar-refractivity contribution in [2.24, 2.45) is 0 Å². The van der Waals surface area contributed by atoms with E-state index in [0.29, 0.717) is 10.7 Å². The summed E-state index contributed by atoms with van der Waals surface area (Å²) in [7, 11) is 0. The van der Waals surface area contributed by atoms with Gasteiger partial charge in [-0.3, -0.25) is 5.32 Å². The Morgan fingerprint density at radius 1 is 1.41 bits per heavy atom. The molecule has 0 fully saturated rings. The van der Waals surface area contributed by atoms with Crippen LogP contribution in [0.15, 0.2) is 24.3 Å². The van der Waals surface area contributed by atoms with E-state index in [1.165, 1.54) is 6.92 Å². The van der Waals surface area contributed by atoms with Crippen molar-refractivity contribution >= 4 is 35.0 Å². The predicted molar refractivity (Wildman–Crippen MR) is 85.8 cm³/mol. The summed E-state index contributed by atoms with van der Waals surface area (Å²) in [4.78, 5) is 11.2. The van der Waals surface area contributed by atoms with Gasteiger partial charge in [0, 0.05) is 17.1 Å². The Balaban J connectivity index is 0.000000626. The maximum absolute atomic E-state index is 11.5. The second-order valence-corrected chi connectivity index (χ2v) is 4.83. The van der Waals surface area contributed by atoms with Crippen molar-refractivity contribution in [2.45, 2.75) is 26.2 Å². The Bertz CT molecular complexity index is 522. The summed E-state index contributed by atoms with van der Waals surface area (Å²) in [5.74, 6) is 2.90. The lowest BCUT2D eigenvalue weighted by Crippen LogP contribution is -2.13. The Hall–Kier alpha value is -1.51. The van der Waals surface area contributed by atoms with E-state index in [1.807, 2.05) is 0 Å². The molecule has 1 aromatic rings. The van der Waals surface area contributed by atoms with Gasteiger partial charge in [-0.1, -0.05) is 36.4 Å². The molecule has 0 aliphatic rings.